The Morgan fingerprint density at radius 1 is 1.13 bits per heavy atom. The molecule has 88 valence electrons. The number of hydrogen-bond acceptors (Lipinski definition) is 2. The fourth-order valence-corrected chi connectivity index (χ4v) is 2.15. The van der Waals surface area contributed by atoms with Crippen LogP contribution in [0, 0.1) is 0 Å². The van der Waals surface area contributed by atoms with Crippen LogP contribution in [-0.2, 0) is 9.47 Å². The molecule has 15 heavy (non-hydrogen) atoms. The second-order valence-corrected chi connectivity index (χ2v) is 6.67. The van der Waals surface area contributed by atoms with Crippen molar-refractivity contribution in [2.45, 2.75) is 50.0 Å². The Morgan fingerprint density at radius 3 is 2.40 bits per heavy atom. The van der Waals surface area contributed by atoms with Crippen molar-refractivity contribution < 1.29 is 9.47 Å². The van der Waals surface area contributed by atoms with Crippen LogP contribution in [0.1, 0.15) is 46.0 Å². The number of ether oxygens (including phenoxy) is 2. The predicted molar refractivity (Wildman–Crippen MR) is 66.6 cm³/mol. The molecule has 0 rings (SSSR count). The van der Waals surface area contributed by atoms with Crippen molar-refractivity contribution in [3.05, 3.63) is 0 Å². The van der Waals surface area contributed by atoms with Gasteiger partial charge in [0, 0.05) is 13.2 Å². The number of hydrogen-bond donors (Lipinski definition) is 0. The van der Waals surface area contributed by atoms with Crippen LogP contribution in [0.4, 0.5) is 0 Å². The Labute approximate surface area is 108 Å². The molecule has 0 radical (unpaired) electrons. The lowest BCUT2D eigenvalue weighted by atomic mass is 10.2. The van der Waals surface area contributed by atoms with Gasteiger partial charge in [0.05, 0.1) is 0 Å². The summed E-state index contributed by atoms with van der Waals surface area (Å²) in [4.78, 5) is 0. The minimum absolute atomic E-state index is 0.330. The molecule has 0 saturated heterocycles. The molecule has 0 spiro atoms. The highest BCUT2D eigenvalue weighted by Gasteiger charge is 2.03. The van der Waals surface area contributed by atoms with Gasteiger partial charge in [-0.15, -0.1) is 4.05 Å². The van der Waals surface area contributed by atoms with Crippen molar-refractivity contribution in [3.63, 3.8) is 0 Å². The van der Waals surface area contributed by atoms with Crippen molar-refractivity contribution in [1.82, 2.24) is 0 Å². The van der Waals surface area contributed by atoms with Gasteiger partial charge in [0.25, 0.3) is 0 Å². The van der Waals surface area contributed by atoms with Crippen molar-refractivity contribution in [2.24, 2.45) is 0 Å². The molecule has 0 N–H and O–H groups in total. The molecular weight excluding hydrogens is 224 g/mol. The summed E-state index contributed by atoms with van der Waals surface area (Å²) in [5.41, 5.74) is 0. The first-order valence-corrected chi connectivity index (χ1v) is 8.98. The summed E-state index contributed by atoms with van der Waals surface area (Å²) >= 11 is -0.330. The molecule has 0 aliphatic carbocycles. The minimum atomic E-state index is -0.330. The summed E-state index contributed by atoms with van der Waals surface area (Å²) in [5.74, 6) is 0. The molecule has 0 heterocycles. The van der Waals surface area contributed by atoms with E-state index in [1.54, 1.807) is 0 Å². The lowest BCUT2D eigenvalue weighted by Crippen LogP contribution is -2.04. The Bertz CT molecular complexity index is 125. The topological polar surface area (TPSA) is 18.5 Å². The molecule has 1 atom stereocenters. The van der Waals surface area contributed by atoms with Gasteiger partial charge < -0.3 is 18.5 Å². The van der Waals surface area contributed by atoms with Gasteiger partial charge in [-0.05, 0) is 12.8 Å². The van der Waals surface area contributed by atoms with Gasteiger partial charge in [0.2, 0.25) is 0 Å². The fourth-order valence-electron chi connectivity index (χ4n) is 1.24. The van der Waals surface area contributed by atoms with Crippen LogP contribution in [0.15, 0.2) is 0 Å². The maximum Gasteiger partial charge on any atom is 0.504 e. The van der Waals surface area contributed by atoms with Gasteiger partial charge >= 0.3 is 19.3 Å². The standard InChI is InChI=1S/C11H23O2.ClH.Mg/c1-3-5-7-9-12-11-13-10-8-6-4-2;;/h3H,4-11H2,1-2H3;1H;/q;;+1/p-1. The van der Waals surface area contributed by atoms with Crippen LogP contribution in [0.3, 0.4) is 0 Å². The van der Waals surface area contributed by atoms with Crippen LogP contribution in [0.5, 0.6) is 0 Å². The van der Waals surface area contributed by atoms with Crippen molar-refractivity contribution in [1.29, 1.82) is 0 Å². The highest BCUT2D eigenvalue weighted by atomic mass is 35.5. The second kappa shape index (κ2) is 13.0. The molecule has 1 unspecified atom stereocenters. The van der Waals surface area contributed by atoms with Crippen molar-refractivity contribution >= 4 is 28.3 Å². The molecule has 0 aromatic carbocycles. The first-order chi connectivity index (χ1) is 7.31. The summed E-state index contributed by atoms with van der Waals surface area (Å²) in [6.45, 7) is 6.51. The largest absolute Gasteiger partial charge is 0.504 e. The summed E-state index contributed by atoms with van der Waals surface area (Å²) < 4.78 is 11.4. The van der Waals surface area contributed by atoms with Gasteiger partial charge in [-0.25, -0.2) is 0 Å². The van der Waals surface area contributed by atoms with Gasteiger partial charge in [0.1, 0.15) is 6.79 Å². The zero-order valence-electron chi connectivity index (χ0n) is 10.1. The average Bonchev–Trinajstić information content (AvgIpc) is 2.26. The number of halogens is 1. The van der Waals surface area contributed by atoms with Gasteiger partial charge in [0.15, 0.2) is 0 Å². The smallest absolute Gasteiger partial charge is 0.355 e. The molecule has 0 aliphatic rings. The SMILES string of the molecule is CCCCCOCOCCC[CH](C)[Mg][Cl]. The first kappa shape index (κ1) is 16.0. The van der Waals surface area contributed by atoms with E-state index in [1.165, 1.54) is 19.3 Å². The molecule has 0 bridgehead atoms. The summed E-state index contributed by atoms with van der Waals surface area (Å²) in [6.07, 6.45) is 5.95. The van der Waals surface area contributed by atoms with Crippen LogP contribution in [0.25, 0.3) is 0 Å². The average molecular weight is 247 g/mol. The molecule has 0 amide bonds. The summed E-state index contributed by atoms with van der Waals surface area (Å²) in [6, 6.07) is 0. The molecule has 4 heteroatoms. The number of unbranched alkanes of at least 4 members (excludes halogenated alkanes) is 2. The van der Waals surface area contributed by atoms with E-state index < -0.39 is 0 Å². The maximum atomic E-state index is 5.84. The number of rotatable bonds is 11. The van der Waals surface area contributed by atoms with E-state index in [2.05, 4.69) is 13.8 Å². The second-order valence-electron chi connectivity index (χ2n) is 4.04. The van der Waals surface area contributed by atoms with E-state index >= 15 is 0 Å². The van der Waals surface area contributed by atoms with Gasteiger partial charge in [-0.1, -0.05) is 33.1 Å². The molecule has 0 aliphatic heterocycles. The lowest BCUT2D eigenvalue weighted by molar-refractivity contribution is -0.0554. The molecule has 0 fully saturated rings. The predicted octanol–water partition coefficient (Wildman–Crippen LogP) is 3.61. The van der Waals surface area contributed by atoms with Crippen LogP contribution in [-0.4, -0.2) is 39.3 Å². The van der Waals surface area contributed by atoms with E-state index in [1.807, 2.05) is 0 Å². The summed E-state index contributed by atoms with van der Waals surface area (Å²) in [5, 5.41) is 0. The highest BCUT2D eigenvalue weighted by Crippen LogP contribution is 2.11. The Morgan fingerprint density at radius 2 is 1.80 bits per heavy atom. The third-order valence-electron chi connectivity index (χ3n) is 2.31. The third-order valence-corrected chi connectivity index (χ3v) is 4.82. The zero-order valence-corrected chi connectivity index (χ0v) is 12.3. The van der Waals surface area contributed by atoms with Crippen LogP contribution >= 0.6 is 9.07 Å². The molecule has 2 nitrogen and oxygen atoms in total. The van der Waals surface area contributed by atoms with Crippen LogP contribution < -0.4 is 0 Å². The normalized spacial score (nSPS) is 12.5. The van der Waals surface area contributed by atoms with E-state index in [0.717, 1.165) is 30.1 Å². The lowest BCUT2D eigenvalue weighted by Gasteiger charge is -2.07. The summed E-state index contributed by atoms with van der Waals surface area (Å²) in [7, 11) is 5.84. The monoisotopic (exact) mass is 246 g/mol. The minimum Gasteiger partial charge on any atom is -0.355 e. The van der Waals surface area contributed by atoms with Gasteiger partial charge in [-0.2, -0.15) is 0 Å². The third kappa shape index (κ3) is 12.9. The van der Waals surface area contributed by atoms with Gasteiger partial charge in [-0.3, -0.25) is 0 Å². The van der Waals surface area contributed by atoms with Crippen molar-refractivity contribution in [2.75, 3.05) is 20.0 Å². The quantitative estimate of drug-likeness (QED) is 0.315. The molecule has 0 aromatic heterocycles. The van der Waals surface area contributed by atoms with E-state index in [9.17, 15) is 0 Å². The maximum absolute atomic E-state index is 5.84. The first-order valence-electron chi connectivity index (χ1n) is 6.02. The van der Waals surface area contributed by atoms with E-state index in [4.69, 9.17) is 18.5 Å². The van der Waals surface area contributed by atoms with Crippen molar-refractivity contribution in [3.8, 4) is 0 Å². The molecular formula is C11H23ClMgO2. The fraction of sp³-hybridized carbons (Fsp3) is 1.00. The van der Waals surface area contributed by atoms with E-state index in [-0.39, 0.29) is 19.3 Å². The Hall–Kier alpha value is 0.976. The van der Waals surface area contributed by atoms with Crippen LogP contribution in [0.2, 0.25) is 4.05 Å². The zero-order chi connectivity index (χ0) is 11.4. The highest BCUT2D eigenvalue weighted by molar-refractivity contribution is 6.94. The molecule has 0 aromatic rings. The Kier molecular flexibility index (Phi) is 13.9. The van der Waals surface area contributed by atoms with E-state index in [0.29, 0.717) is 6.79 Å². The molecule has 0 saturated carbocycles. The Balaban J connectivity index is 2.92.